The molecule has 0 amide bonds. The largest absolute Gasteiger partial charge is 0.292 e. The predicted molar refractivity (Wildman–Crippen MR) is 72.2 cm³/mol. The Morgan fingerprint density at radius 3 is 2.61 bits per heavy atom. The average Bonchev–Trinajstić information content (AvgIpc) is 2.61. The van der Waals surface area contributed by atoms with Crippen molar-refractivity contribution in [2.24, 2.45) is 0 Å². The fourth-order valence-electron chi connectivity index (χ4n) is 1.93. The molecule has 0 saturated heterocycles. The molecule has 4 heteroatoms. The van der Waals surface area contributed by atoms with Crippen molar-refractivity contribution in [1.82, 2.24) is 9.78 Å². The van der Waals surface area contributed by atoms with Gasteiger partial charge in [-0.3, -0.25) is 9.48 Å². The number of carbonyl (C=O) groups excluding carboxylic acids is 1. The molecule has 94 valence electrons. The summed E-state index contributed by atoms with van der Waals surface area (Å²) >= 11 is 5.92. The van der Waals surface area contributed by atoms with Crippen LogP contribution >= 0.6 is 11.6 Å². The van der Waals surface area contributed by atoms with Gasteiger partial charge in [-0.15, -0.1) is 0 Å². The van der Waals surface area contributed by atoms with Gasteiger partial charge in [-0.25, -0.2) is 0 Å². The molecule has 0 aliphatic rings. The molecule has 2 rings (SSSR count). The Morgan fingerprint density at radius 1 is 1.33 bits per heavy atom. The van der Waals surface area contributed by atoms with Crippen LogP contribution in [0.3, 0.4) is 0 Å². The van der Waals surface area contributed by atoms with Crippen LogP contribution in [0.15, 0.2) is 24.4 Å². The molecule has 0 fully saturated rings. The lowest BCUT2D eigenvalue weighted by atomic mass is 10.0. The lowest BCUT2D eigenvalue weighted by molar-refractivity contribution is 0.0966. The number of nitrogens with zero attached hydrogens (tertiary/aromatic N) is 2. The van der Waals surface area contributed by atoms with Crippen LogP contribution in [0.4, 0.5) is 0 Å². The highest BCUT2D eigenvalue weighted by Gasteiger charge is 2.12. The molecule has 0 unspecified atom stereocenters. The normalized spacial score (nSPS) is 10.7. The van der Waals surface area contributed by atoms with Crippen molar-refractivity contribution >= 4 is 17.4 Å². The standard InChI is InChI=1S/C14H15ClN2O/c1-9-4-5-12(10(2)6-9)14(18)8-17-11(3)13(15)7-16-17/h4-7H,8H2,1-3H3. The van der Waals surface area contributed by atoms with Gasteiger partial charge in [-0.2, -0.15) is 5.10 Å². The molecule has 1 aromatic heterocycles. The molecule has 0 atom stereocenters. The van der Waals surface area contributed by atoms with Gasteiger partial charge in [0.25, 0.3) is 0 Å². The van der Waals surface area contributed by atoms with Crippen LogP contribution in [0.25, 0.3) is 0 Å². The minimum absolute atomic E-state index is 0.0513. The number of aryl methyl sites for hydroxylation is 2. The van der Waals surface area contributed by atoms with Gasteiger partial charge in [0.2, 0.25) is 0 Å². The molecule has 3 nitrogen and oxygen atoms in total. The van der Waals surface area contributed by atoms with E-state index in [4.69, 9.17) is 11.6 Å². The quantitative estimate of drug-likeness (QED) is 0.795. The van der Waals surface area contributed by atoms with Gasteiger partial charge in [-0.05, 0) is 26.3 Å². The molecule has 1 aromatic carbocycles. The third-order valence-electron chi connectivity index (χ3n) is 3.02. The third kappa shape index (κ3) is 2.46. The molecule has 0 saturated carbocycles. The number of aromatic nitrogens is 2. The van der Waals surface area contributed by atoms with E-state index in [-0.39, 0.29) is 12.3 Å². The lowest BCUT2D eigenvalue weighted by Gasteiger charge is -2.07. The van der Waals surface area contributed by atoms with Gasteiger partial charge in [0.05, 0.1) is 16.9 Å². The van der Waals surface area contributed by atoms with Crippen LogP contribution < -0.4 is 0 Å². The lowest BCUT2D eigenvalue weighted by Crippen LogP contribution is -2.14. The molecular formula is C14H15ClN2O. The number of benzene rings is 1. The number of hydrogen-bond donors (Lipinski definition) is 0. The molecule has 2 aromatic rings. The van der Waals surface area contributed by atoms with Gasteiger partial charge >= 0.3 is 0 Å². The van der Waals surface area contributed by atoms with Crippen molar-refractivity contribution in [1.29, 1.82) is 0 Å². The molecule has 0 radical (unpaired) electrons. The summed E-state index contributed by atoms with van der Waals surface area (Å²) in [5, 5.41) is 4.68. The first-order valence-electron chi connectivity index (χ1n) is 5.77. The fraction of sp³-hybridized carbons (Fsp3) is 0.286. The number of carbonyl (C=O) groups is 1. The zero-order chi connectivity index (χ0) is 13.3. The van der Waals surface area contributed by atoms with Crippen molar-refractivity contribution in [3.8, 4) is 0 Å². The SMILES string of the molecule is Cc1ccc(C(=O)Cn2ncc(Cl)c2C)c(C)c1. The summed E-state index contributed by atoms with van der Waals surface area (Å²) in [6.45, 7) is 6.04. The van der Waals surface area contributed by atoms with E-state index in [0.717, 1.165) is 22.4 Å². The van der Waals surface area contributed by atoms with E-state index < -0.39 is 0 Å². The molecule has 0 aliphatic carbocycles. The van der Waals surface area contributed by atoms with Crippen molar-refractivity contribution in [3.05, 3.63) is 51.8 Å². The number of halogens is 1. The third-order valence-corrected chi connectivity index (χ3v) is 3.39. The maximum absolute atomic E-state index is 12.2. The van der Waals surface area contributed by atoms with Gasteiger partial charge in [0, 0.05) is 5.56 Å². The van der Waals surface area contributed by atoms with E-state index in [1.807, 2.05) is 39.0 Å². The van der Waals surface area contributed by atoms with Crippen LogP contribution in [0.5, 0.6) is 0 Å². The van der Waals surface area contributed by atoms with E-state index >= 15 is 0 Å². The molecule has 0 N–H and O–H groups in total. The first-order valence-corrected chi connectivity index (χ1v) is 6.15. The summed E-state index contributed by atoms with van der Waals surface area (Å²) in [5.74, 6) is 0.0513. The first kappa shape index (κ1) is 12.8. The highest BCUT2D eigenvalue weighted by molar-refractivity contribution is 6.31. The van der Waals surface area contributed by atoms with Crippen LogP contribution in [-0.2, 0) is 6.54 Å². The Bertz CT molecular complexity index is 602. The summed E-state index contributed by atoms with van der Waals surface area (Å²) in [7, 11) is 0. The van der Waals surface area contributed by atoms with E-state index in [1.165, 1.54) is 0 Å². The first-order chi connectivity index (χ1) is 8.49. The molecule has 18 heavy (non-hydrogen) atoms. The zero-order valence-corrected chi connectivity index (χ0v) is 11.5. The summed E-state index contributed by atoms with van der Waals surface area (Å²) in [4.78, 5) is 12.2. The maximum atomic E-state index is 12.2. The minimum Gasteiger partial charge on any atom is -0.292 e. The van der Waals surface area contributed by atoms with Crippen molar-refractivity contribution in [2.45, 2.75) is 27.3 Å². The van der Waals surface area contributed by atoms with E-state index in [1.54, 1.807) is 10.9 Å². The number of Topliss-reactive ketones (excluding diaryl/α,β-unsaturated/α-hetero) is 1. The van der Waals surface area contributed by atoms with Crippen LogP contribution in [-0.4, -0.2) is 15.6 Å². The van der Waals surface area contributed by atoms with Crippen molar-refractivity contribution in [2.75, 3.05) is 0 Å². The molecule has 1 heterocycles. The van der Waals surface area contributed by atoms with Gasteiger partial charge in [0.1, 0.15) is 6.54 Å². The number of hydrogen-bond acceptors (Lipinski definition) is 2. The molecule has 0 aliphatic heterocycles. The van der Waals surface area contributed by atoms with Gasteiger partial charge in [-0.1, -0.05) is 35.4 Å². The minimum atomic E-state index is 0.0513. The predicted octanol–water partition coefficient (Wildman–Crippen LogP) is 3.34. The monoisotopic (exact) mass is 262 g/mol. The Labute approximate surface area is 111 Å². The summed E-state index contributed by atoms with van der Waals surface area (Å²) < 4.78 is 1.63. The number of rotatable bonds is 3. The van der Waals surface area contributed by atoms with Crippen LogP contribution in [0.2, 0.25) is 5.02 Å². The van der Waals surface area contributed by atoms with Crippen molar-refractivity contribution < 1.29 is 4.79 Å². The Morgan fingerprint density at radius 2 is 2.06 bits per heavy atom. The van der Waals surface area contributed by atoms with Crippen molar-refractivity contribution in [3.63, 3.8) is 0 Å². The Hall–Kier alpha value is -1.61. The van der Waals surface area contributed by atoms with E-state index in [9.17, 15) is 4.79 Å². The van der Waals surface area contributed by atoms with Gasteiger partial charge in [0.15, 0.2) is 5.78 Å². The smallest absolute Gasteiger partial charge is 0.184 e. The van der Waals surface area contributed by atoms with E-state index in [2.05, 4.69) is 5.10 Å². The second-order valence-corrected chi connectivity index (χ2v) is 4.88. The summed E-state index contributed by atoms with van der Waals surface area (Å²) in [6, 6.07) is 5.83. The molecule has 0 bridgehead atoms. The summed E-state index contributed by atoms with van der Waals surface area (Å²) in [5.41, 5.74) is 3.71. The van der Waals surface area contributed by atoms with Crippen LogP contribution in [0, 0.1) is 20.8 Å². The Kier molecular flexibility index (Phi) is 3.53. The van der Waals surface area contributed by atoms with Crippen LogP contribution in [0.1, 0.15) is 27.2 Å². The maximum Gasteiger partial charge on any atom is 0.184 e. The highest BCUT2D eigenvalue weighted by atomic mass is 35.5. The topological polar surface area (TPSA) is 34.9 Å². The molecular weight excluding hydrogens is 248 g/mol. The number of ketones is 1. The zero-order valence-electron chi connectivity index (χ0n) is 10.7. The second kappa shape index (κ2) is 4.94. The summed E-state index contributed by atoms with van der Waals surface area (Å²) in [6.07, 6.45) is 1.56. The van der Waals surface area contributed by atoms with Gasteiger partial charge < -0.3 is 0 Å². The Balaban J connectivity index is 2.25. The average molecular weight is 263 g/mol. The fourth-order valence-corrected chi connectivity index (χ4v) is 2.07. The second-order valence-electron chi connectivity index (χ2n) is 4.48. The van der Waals surface area contributed by atoms with E-state index in [0.29, 0.717) is 5.02 Å². The highest BCUT2D eigenvalue weighted by Crippen LogP contribution is 2.16. The molecule has 0 spiro atoms.